The third-order valence-corrected chi connectivity index (χ3v) is 3.15. The van der Waals surface area contributed by atoms with Crippen LogP contribution < -0.4 is 5.73 Å². The molecule has 0 bridgehead atoms. The van der Waals surface area contributed by atoms with E-state index in [4.69, 9.17) is 15.2 Å². The highest BCUT2D eigenvalue weighted by molar-refractivity contribution is 5.81. The first-order valence-electron chi connectivity index (χ1n) is 6.80. The Morgan fingerprint density at radius 2 is 2.17 bits per heavy atom. The second kappa shape index (κ2) is 7.71. The average Bonchev–Trinajstić information content (AvgIpc) is 2.75. The van der Waals surface area contributed by atoms with Gasteiger partial charge in [-0.15, -0.1) is 0 Å². The molecule has 1 aliphatic rings. The van der Waals surface area contributed by atoms with Crippen LogP contribution in [0.3, 0.4) is 0 Å². The predicted octanol–water partition coefficient (Wildman–Crippen LogP) is 0.766. The Morgan fingerprint density at radius 1 is 1.44 bits per heavy atom. The van der Waals surface area contributed by atoms with Crippen LogP contribution in [0.5, 0.6) is 0 Å². The number of ether oxygens (including phenoxy) is 2. The molecule has 0 aromatic rings. The van der Waals surface area contributed by atoms with E-state index in [0.717, 1.165) is 12.8 Å². The van der Waals surface area contributed by atoms with Gasteiger partial charge in [-0.25, -0.2) is 0 Å². The molecule has 0 aromatic heterocycles. The van der Waals surface area contributed by atoms with E-state index in [-0.39, 0.29) is 24.2 Å². The molecule has 1 heterocycles. The van der Waals surface area contributed by atoms with Crippen LogP contribution in [0.2, 0.25) is 0 Å². The minimum Gasteiger partial charge on any atom is -0.378 e. The zero-order valence-electron chi connectivity index (χ0n) is 11.7. The maximum atomic E-state index is 12.3. The first kappa shape index (κ1) is 15.4. The van der Waals surface area contributed by atoms with E-state index >= 15 is 0 Å². The summed E-state index contributed by atoms with van der Waals surface area (Å²) >= 11 is 0. The second-order valence-electron chi connectivity index (χ2n) is 5.04. The highest BCUT2D eigenvalue weighted by Gasteiger charge is 2.32. The van der Waals surface area contributed by atoms with Crippen LogP contribution in [0.4, 0.5) is 0 Å². The first-order chi connectivity index (χ1) is 8.56. The van der Waals surface area contributed by atoms with Gasteiger partial charge in [0.05, 0.1) is 19.3 Å². The van der Waals surface area contributed by atoms with Crippen LogP contribution in [0.15, 0.2) is 0 Å². The maximum Gasteiger partial charge on any atom is 0.252 e. The van der Waals surface area contributed by atoms with Gasteiger partial charge in [0.25, 0.3) is 5.91 Å². The predicted molar refractivity (Wildman–Crippen MR) is 70.3 cm³/mol. The molecule has 1 aliphatic heterocycles. The molecule has 0 aromatic carbocycles. The molecule has 0 aliphatic carbocycles. The highest BCUT2D eigenvalue weighted by atomic mass is 16.5. The number of rotatable bonds is 7. The van der Waals surface area contributed by atoms with Gasteiger partial charge in [0, 0.05) is 19.1 Å². The molecule has 0 radical (unpaired) electrons. The van der Waals surface area contributed by atoms with E-state index in [2.05, 4.69) is 0 Å². The molecule has 0 spiro atoms. The zero-order valence-corrected chi connectivity index (χ0v) is 11.7. The molecule has 5 nitrogen and oxygen atoms in total. The van der Waals surface area contributed by atoms with Crippen molar-refractivity contribution in [3.8, 4) is 0 Å². The van der Waals surface area contributed by atoms with Crippen molar-refractivity contribution in [2.45, 2.75) is 51.9 Å². The smallest absolute Gasteiger partial charge is 0.252 e. The molecule has 0 saturated carbocycles. The Labute approximate surface area is 110 Å². The van der Waals surface area contributed by atoms with Gasteiger partial charge in [0.15, 0.2) is 0 Å². The van der Waals surface area contributed by atoms with Crippen LogP contribution in [0.1, 0.15) is 33.6 Å². The molecule has 2 N–H and O–H groups in total. The summed E-state index contributed by atoms with van der Waals surface area (Å²) < 4.78 is 11.0. The summed E-state index contributed by atoms with van der Waals surface area (Å²) in [6.07, 6.45) is 1.72. The van der Waals surface area contributed by atoms with E-state index < -0.39 is 0 Å². The second-order valence-corrected chi connectivity index (χ2v) is 5.04. The highest BCUT2D eigenvalue weighted by Crippen LogP contribution is 2.21. The average molecular weight is 258 g/mol. The monoisotopic (exact) mass is 258 g/mol. The number of nitrogens with two attached hydrogens (primary N) is 1. The van der Waals surface area contributed by atoms with Gasteiger partial charge in [-0.3, -0.25) is 4.79 Å². The normalized spacial score (nSPS) is 23.6. The number of carbonyl (C=O) groups excluding carboxylic acids is 1. The fourth-order valence-corrected chi connectivity index (χ4v) is 2.14. The van der Waals surface area contributed by atoms with E-state index in [1.165, 1.54) is 0 Å². The van der Waals surface area contributed by atoms with Gasteiger partial charge in [-0.2, -0.15) is 0 Å². The Morgan fingerprint density at radius 3 is 2.67 bits per heavy atom. The summed E-state index contributed by atoms with van der Waals surface area (Å²) in [5, 5.41) is 0. The van der Waals surface area contributed by atoms with E-state index in [0.29, 0.717) is 26.3 Å². The molecule has 5 heteroatoms. The fourth-order valence-electron chi connectivity index (χ4n) is 2.14. The largest absolute Gasteiger partial charge is 0.378 e. The minimum atomic E-state index is -0.267. The molecule has 2 atom stereocenters. The number of hydrogen-bond acceptors (Lipinski definition) is 4. The summed E-state index contributed by atoms with van der Waals surface area (Å²) in [6, 6.07) is 0.165. The lowest BCUT2D eigenvalue weighted by molar-refractivity contribution is -0.145. The van der Waals surface area contributed by atoms with Crippen LogP contribution in [0, 0.1) is 0 Å². The van der Waals surface area contributed by atoms with Crippen LogP contribution in [0.25, 0.3) is 0 Å². The SMILES string of the molecule is CC1CCC(C(=O)N(CCOCCN)C(C)C)O1. The van der Waals surface area contributed by atoms with Crippen molar-refractivity contribution < 1.29 is 14.3 Å². The van der Waals surface area contributed by atoms with Crippen molar-refractivity contribution in [2.75, 3.05) is 26.3 Å². The lowest BCUT2D eigenvalue weighted by Gasteiger charge is -2.29. The van der Waals surface area contributed by atoms with Crippen LogP contribution >= 0.6 is 0 Å². The molecular weight excluding hydrogens is 232 g/mol. The fraction of sp³-hybridized carbons (Fsp3) is 0.923. The molecule has 1 fully saturated rings. The zero-order chi connectivity index (χ0) is 13.5. The Bertz CT molecular complexity index is 259. The number of amides is 1. The minimum absolute atomic E-state index is 0.0886. The Balaban J connectivity index is 2.42. The van der Waals surface area contributed by atoms with Crippen molar-refractivity contribution in [2.24, 2.45) is 5.73 Å². The summed E-state index contributed by atoms with van der Waals surface area (Å²) in [5.41, 5.74) is 5.35. The van der Waals surface area contributed by atoms with Gasteiger partial charge >= 0.3 is 0 Å². The van der Waals surface area contributed by atoms with E-state index in [1.54, 1.807) is 0 Å². The standard InChI is InChI=1S/C13H26N2O3/c1-10(2)15(7-9-17-8-6-14)13(16)12-5-4-11(3)18-12/h10-12H,4-9,14H2,1-3H3. The van der Waals surface area contributed by atoms with Gasteiger partial charge in [-0.05, 0) is 33.6 Å². The van der Waals surface area contributed by atoms with Gasteiger partial charge < -0.3 is 20.1 Å². The number of carbonyl (C=O) groups is 1. The van der Waals surface area contributed by atoms with Crippen LogP contribution in [-0.2, 0) is 14.3 Å². The molecule has 1 amide bonds. The van der Waals surface area contributed by atoms with Crippen molar-refractivity contribution >= 4 is 5.91 Å². The molecule has 1 rings (SSSR count). The molecule has 106 valence electrons. The molecule has 18 heavy (non-hydrogen) atoms. The van der Waals surface area contributed by atoms with Crippen molar-refractivity contribution in [1.82, 2.24) is 4.90 Å². The number of hydrogen-bond donors (Lipinski definition) is 1. The van der Waals surface area contributed by atoms with Gasteiger partial charge in [0.1, 0.15) is 6.10 Å². The Kier molecular flexibility index (Phi) is 6.60. The molecule has 1 saturated heterocycles. The summed E-state index contributed by atoms with van der Waals surface area (Å²) in [5.74, 6) is 0.0886. The first-order valence-corrected chi connectivity index (χ1v) is 6.80. The quantitative estimate of drug-likeness (QED) is 0.685. The molecular formula is C13H26N2O3. The van der Waals surface area contributed by atoms with Crippen LogP contribution in [-0.4, -0.2) is 55.4 Å². The summed E-state index contributed by atoms with van der Waals surface area (Å²) in [4.78, 5) is 14.1. The van der Waals surface area contributed by atoms with Gasteiger partial charge in [-0.1, -0.05) is 0 Å². The van der Waals surface area contributed by atoms with E-state index in [1.807, 2.05) is 25.7 Å². The summed E-state index contributed by atoms with van der Waals surface area (Å²) in [7, 11) is 0. The molecule has 2 unspecified atom stereocenters. The van der Waals surface area contributed by atoms with Crippen molar-refractivity contribution in [3.05, 3.63) is 0 Å². The number of nitrogens with zero attached hydrogens (tertiary/aromatic N) is 1. The Hall–Kier alpha value is -0.650. The topological polar surface area (TPSA) is 64.8 Å². The third kappa shape index (κ3) is 4.55. The van der Waals surface area contributed by atoms with Crippen molar-refractivity contribution in [1.29, 1.82) is 0 Å². The van der Waals surface area contributed by atoms with E-state index in [9.17, 15) is 4.79 Å². The lowest BCUT2D eigenvalue weighted by atomic mass is 10.1. The third-order valence-electron chi connectivity index (χ3n) is 3.15. The summed E-state index contributed by atoms with van der Waals surface area (Å²) in [6.45, 7) is 8.22. The van der Waals surface area contributed by atoms with Crippen molar-refractivity contribution in [3.63, 3.8) is 0 Å². The van der Waals surface area contributed by atoms with Gasteiger partial charge in [0.2, 0.25) is 0 Å². The lowest BCUT2D eigenvalue weighted by Crippen LogP contribution is -2.45. The maximum absolute atomic E-state index is 12.3.